The van der Waals surface area contributed by atoms with Crippen molar-refractivity contribution in [2.45, 2.75) is 13.0 Å². The van der Waals surface area contributed by atoms with E-state index in [1.807, 2.05) is 48.1 Å². The lowest BCUT2D eigenvalue weighted by Crippen LogP contribution is -2.09. The minimum atomic E-state index is 0.0535. The van der Waals surface area contributed by atoms with Gasteiger partial charge in [-0.25, -0.2) is 14.6 Å². The van der Waals surface area contributed by atoms with Gasteiger partial charge in [0.15, 0.2) is 5.69 Å². The Labute approximate surface area is 128 Å². The topological polar surface area (TPSA) is 79.4 Å². The lowest BCUT2D eigenvalue weighted by Gasteiger charge is -2.15. The van der Waals surface area contributed by atoms with Crippen molar-refractivity contribution in [2.75, 3.05) is 5.32 Å². The van der Waals surface area contributed by atoms with Gasteiger partial charge in [0.2, 0.25) is 0 Å². The van der Waals surface area contributed by atoms with Gasteiger partial charge in [-0.2, -0.15) is 10.4 Å². The molecular weight excluding hydrogens is 276 g/mol. The summed E-state index contributed by atoms with van der Waals surface area (Å²) >= 11 is 0. The fourth-order valence-corrected chi connectivity index (χ4v) is 2.12. The number of aromatic nitrogens is 4. The Bertz CT molecular complexity index is 786. The number of nitrogens with one attached hydrogen (secondary N) is 1. The van der Waals surface area contributed by atoms with E-state index in [0.29, 0.717) is 11.5 Å². The number of hydrogen-bond donors (Lipinski definition) is 1. The Morgan fingerprint density at radius 2 is 2.14 bits per heavy atom. The first-order chi connectivity index (χ1) is 10.8. The molecule has 0 aliphatic rings. The zero-order valence-corrected chi connectivity index (χ0v) is 12.0. The molecule has 6 nitrogen and oxygen atoms in total. The van der Waals surface area contributed by atoms with E-state index < -0.39 is 0 Å². The number of anilines is 1. The second-order valence-electron chi connectivity index (χ2n) is 4.81. The van der Waals surface area contributed by atoms with Crippen LogP contribution in [0.2, 0.25) is 0 Å². The lowest BCUT2D eigenvalue weighted by molar-refractivity contribution is 0.848. The monoisotopic (exact) mass is 290 g/mol. The molecule has 1 atom stereocenters. The van der Waals surface area contributed by atoms with E-state index >= 15 is 0 Å². The summed E-state index contributed by atoms with van der Waals surface area (Å²) in [4.78, 5) is 8.18. The molecule has 1 unspecified atom stereocenters. The largest absolute Gasteiger partial charge is 0.362 e. The fourth-order valence-electron chi connectivity index (χ4n) is 2.12. The van der Waals surface area contributed by atoms with Crippen molar-refractivity contribution in [3.63, 3.8) is 0 Å². The Morgan fingerprint density at radius 3 is 2.82 bits per heavy atom. The molecule has 0 aliphatic heterocycles. The van der Waals surface area contributed by atoms with Crippen LogP contribution < -0.4 is 5.32 Å². The molecular formula is C16H14N6. The summed E-state index contributed by atoms with van der Waals surface area (Å²) in [5, 5.41) is 16.2. The van der Waals surface area contributed by atoms with Gasteiger partial charge in [-0.15, -0.1) is 0 Å². The second kappa shape index (κ2) is 6.06. The third-order valence-corrected chi connectivity index (χ3v) is 3.27. The summed E-state index contributed by atoms with van der Waals surface area (Å²) in [5.74, 6) is 0.635. The van der Waals surface area contributed by atoms with Gasteiger partial charge in [-0.05, 0) is 30.7 Å². The molecule has 1 aromatic carbocycles. The number of nitriles is 1. The molecule has 3 aromatic rings. The first kappa shape index (κ1) is 13.8. The van der Waals surface area contributed by atoms with Gasteiger partial charge in [0.1, 0.15) is 11.9 Å². The van der Waals surface area contributed by atoms with Crippen molar-refractivity contribution in [2.24, 2.45) is 0 Å². The summed E-state index contributed by atoms with van der Waals surface area (Å²) in [7, 11) is 0. The number of benzene rings is 1. The molecule has 108 valence electrons. The SMILES string of the molecule is CC(Nc1cnc(C#N)cn1)c1cccc(-n2cccn2)c1. The average Bonchev–Trinajstić information content (AvgIpc) is 3.10. The molecule has 0 saturated heterocycles. The van der Waals surface area contributed by atoms with E-state index in [1.165, 1.54) is 6.20 Å². The molecule has 0 radical (unpaired) electrons. The third kappa shape index (κ3) is 2.94. The molecule has 1 N–H and O–H groups in total. The predicted octanol–water partition coefficient (Wildman–Crippen LogP) is 2.71. The molecule has 2 aromatic heterocycles. The molecule has 0 spiro atoms. The molecule has 3 rings (SSSR count). The van der Waals surface area contributed by atoms with Crippen LogP contribution >= 0.6 is 0 Å². The van der Waals surface area contributed by atoms with Crippen molar-refractivity contribution < 1.29 is 0 Å². The summed E-state index contributed by atoms with van der Waals surface area (Å²) in [6, 6.07) is 12.0. The number of rotatable bonds is 4. The fraction of sp³-hybridized carbons (Fsp3) is 0.125. The van der Waals surface area contributed by atoms with Gasteiger partial charge in [-0.3, -0.25) is 0 Å². The highest BCUT2D eigenvalue weighted by Gasteiger charge is 2.08. The van der Waals surface area contributed by atoms with Gasteiger partial charge in [0, 0.05) is 12.4 Å². The molecule has 0 amide bonds. The second-order valence-corrected chi connectivity index (χ2v) is 4.81. The first-order valence-corrected chi connectivity index (χ1v) is 6.85. The predicted molar refractivity (Wildman–Crippen MR) is 82.3 cm³/mol. The van der Waals surface area contributed by atoms with Crippen LogP contribution in [-0.2, 0) is 0 Å². The summed E-state index contributed by atoms with van der Waals surface area (Å²) < 4.78 is 1.82. The van der Waals surface area contributed by atoms with Crippen molar-refractivity contribution in [3.05, 3.63) is 66.4 Å². The molecule has 0 aliphatic carbocycles. The molecule has 0 bridgehead atoms. The van der Waals surface area contributed by atoms with Crippen LogP contribution in [0.1, 0.15) is 24.2 Å². The van der Waals surface area contributed by atoms with Crippen molar-refractivity contribution in [3.8, 4) is 11.8 Å². The van der Waals surface area contributed by atoms with Crippen molar-refractivity contribution in [1.82, 2.24) is 19.7 Å². The Balaban J connectivity index is 1.78. The average molecular weight is 290 g/mol. The van der Waals surface area contributed by atoms with Gasteiger partial charge in [0.25, 0.3) is 0 Å². The van der Waals surface area contributed by atoms with Gasteiger partial charge >= 0.3 is 0 Å². The highest BCUT2D eigenvalue weighted by atomic mass is 15.3. The molecule has 0 saturated carbocycles. The maximum atomic E-state index is 8.73. The third-order valence-electron chi connectivity index (χ3n) is 3.27. The van der Waals surface area contributed by atoms with Crippen molar-refractivity contribution in [1.29, 1.82) is 5.26 Å². The Hall–Kier alpha value is -3.20. The minimum absolute atomic E-state index is 0.0535. The minimum Gasteiger partial charge on any atom is -0.362 e. The van der Waals surface area contributed by atoms with E-state index in [2.05, 4.69) is 26.4 Å². The summed E-state index contributed by atoms with van der Waals surface area (Å²) in [6.07, 6.45) is 6.67. The quantitative estimate of drug-likeness (QED) is 0.799. The van der Waals surface area contributed by atoms with Crippen LogP contribution in [0.15, 0.2) is 55.1 Å². The Morgan fingerprint density at radius 1 is 1.23 bits per heavy atom. The van der Waals surface area contributed by atoms with E-state index in [1.54, 1.807) is 12.4 Å². The maximum Gasteiger partial charge on any atom is 0.158 e. The number of hydrogen-bond acceptors (Lipinski definition) is 5. The van der Waals surface area contributed by atoms with Crippen LogP contribution in [0.5, 0.6) is 0 Å². The van der Waals surface area contributed by atoms with E-state index in [9.17, 15) is 0 Å². The highest BCUT2D eigenvalue weighted by molar-refractivity contribution is 5.41. The van der Waals surface area contributed by atoms with Crippen LogP contribution in [0.3, 0.4) is 0 Å². The molecule has 0 fully saturated rings. The van der Waals surface area contributed by atoms with E-state index in [-0.39, 0.29) is 6.04 Å². The zero-order valence-electron chi connectivity index (χ0n) is 12.0. The normalized spacial score (nSPS) is 11.6. The Kier molecular flexibility index (Phi) is 3.79. The van der Waals surface area contributed by atoms with Crippen LogP contribution in [-0.4, -0.2) is 19.7 Å². The smallest absolute Gasteiger partial charge is 0.158 e. The maximum absolute atomic E-state index is 8.73. The highest BCUT2D eigenvalue weighted by Crippen LogP contribution is 2.19. The van der Waals surface area contributed by atoms with Crippen molar-refractivity contribution >= 4 is 5.82 Å². The molecule has 22 heavy (non-hydrogen) atoms. The molecule has 6 heteroatoms. The van der Waals surface area contributed by atoms with E-state index in [4.69, 9.17) is 5.26 Å². The first-order valence-electron chi connectivity index (χ1n) is 6.85. The zero-order chi connectivity index (χ0) is 15.4. The van der Waals surface area contributed by atoms with Gasteiger partial charge in [-0.1, -0.05) is 12.1 Å². The van der Waals surface area contributed by atoms with Crippen LogP contribution in [0.25, 0.3) is 5.69 Å². The summed E-state index contributed by atoms with van der Waals surface area (Å²) in [5.41, 5.74) is 2.42. The van der Waals surface area contributed by atoms with Crippen LogP contribution in [0.4, 0.5) is 5.82 Å². The summed E-state index contributed by atoms with van der Waals surface area (Å²) in [6.45, 7) is 2.04. The van der Waals surface area contributed by atoms with Gasteiger partial charge in [0.05, 0.1) is 24.1 Å². The van der Waals surface area contributed by atoms with Crippen LogP contribution in [0, 0.1) is 11.3 Å². The number of nitrogens with zero attached hydrogens (tertiary/aromatic N) is 5. The standard InChI is InChI=1S/C16H14N6/c1-12(21-16-11-18-14(9-17)10-19-16)13-4-2-5-15(8-13)22-7-3-6-20-22/h2-8,10-12H,1H3,(H,19,21). The lowest BCUT2D eigenvalue weighted by atomic mass is 10.1. The van der Waals surface area contributed by atoms with Gasteiger partial charge < -0.3 is 5.32 Å². The van der Waals surface area contributed by atoms with E-state index in [0.717, 1.165) is 11.3 Å². The molecule has 2 heterocycles.